The molecule has 0 heterocycles. The van der Waals surface area contributed by atoms with E-state index in [-0.39, 0.29) is 12.3 Å². The number of halogens is 2. The van der Waals surface area contributed by atoms with Gasteiger partial charge in [0.1, 0.15) is 0 Å². The van der Waals surface area contributed by atoms with Gasteiger partial charge in [-0.15, -0.1) is 12.6 Å². The van der Waals surface area contributed by atoms with Crippen LogP contribution in [-0.4, -0.2) is 18.7 Å². The molecule has 98 valence electrons. The Morgan fingerprint density at radius 2 is 2.17 bits per heavy atom. The van der Waals surface area contributed by atoms with Crippen LogP contribution in [0, 0.1) is 0 Å². The number of nitrogens with one attached hydrogen (secondary N) is 1. The van der Waals surface area contributed by atoms with Gasteiger partial charge in [-0.2, -0.15) is 0 Å². The second kappa shape index (κ2) is 6.61. The number of hydrogen-bond donors (Lipinski definition) is 2. The number of hydrogen-bond acceptors (Lipinski definition) is 4. The van der Waals surface area contributed by atoms with Crippen LogP contribution in [-0.2, 0) is 20.7 Å². The highest BCUT2D eigenvalue weighted by Gasteiger charge is 2.13. The molecule has 0 aromatic heterocycles. The van der Waals surface area contributed by atoms with E-state index in [4.69, 9.17) is 11.6 Å². The first-order valence-electron chi connectivity index (χ1n) is 4.94. The second-order valence-corrected chi connectivity index (χ2v) is 4.33. The molecule has 0 atom stereocenters. The summed E-state index contributed by atoms with van der Waals surface area (Å²) in [4.78, 5) is 22.7. The molecular formula is C11H11ClFNO3S. The maximum Gasteiger partial charge on any atom is 0.312 e. The van der Waals surface area contributed by atoms with Gasteiger partial charge in [0.2, 0.25) is 12.8 Å². The van der Waals surface area contributed by atoms with Crippen LogP contribution in [0.15, 0.2) is 17.0 Å². The van der Waals surface area contributed by atoms with Crippen LogP contribution >= 0.6 is 24.2 Å². The molecule has 0 aliphatic rings. The standard InChI is InChI=1S/C11H11ClFNO3S/c1-6(15)14-9-4-10(18)8(12)2-7(9)3-11(16)17-5-13/h2,4,18H,3,5H2,1H3,(H,14,15). The Kier molecular flexibility index (Phi) is 5.43. The van der Waals surface area contributed by atoms with E-state index < -0.39 is 12.8 Å². The minimum atomic E-state index is -1.19. The van der Waals surface area contributed by atoms with Crippen LogP contribution in [0.1, 0.15) is 12.5 Å². The van der Waals surface area contributed by atoms with Crippen molar-refractivity contribution in [3.63, 3.8) is 0 Å². The Hall–Kier alpha value is -1.27. The molecule has 0 saturated heterocycles. The van der Waals surface area contributed by atoms with Gasteiger partial charge in [-0.3, -0.25) is 9.59 Å². The average Bonchev–Trinajstić information content (AvgIpc) is 2.25. The molecule has 1 aromatic rings. The van der Waals surface area contributed by atoms with Crippen molar-refractivity contribution in [3.05, 3.63) is 22.7 Å². The molecule has 0 saturated carbocycles. The summed E-state index contributed by atoms with van der Waals surface area (Å²) < 4.78 is 16.0. The summed E-state index contributed by atoms with van der Waals surface area (Å²) in [6.07, 6.45) is -0.187. The SMILES string of the molecule is CC(=O)Nc1cc(S)c(Cl)cc1CC(=O)OCF. The van der Waals surface area contributed by atoms with Gasteiger partial charge in [0.25, 0.3) is 0 Å². The first-order chi connectivity index (χ1) is 8.43. The highest BCUT2D eigenvalue weighted by atomic mass is 35.5. The van der Waals surface area contributed by atoms with Gasteiger partial charge in [-0.1, -0.05) is 11.6 Å². The van der Waals surface area contributed by atoms with E-state index >= 15 is 0 Å². The van der Waals surface area contributed by atoms with Gasteiger partial charge in [0, 0.05) is 17.5 Å². The number of alkyl halides is 1. The number of esters is 1. The summed E-state index contributed by atoms with van der Waals surface area (Å²) in [6.45, 7) is 0.142. The van der Waals surface area contributed by atoms with E-state index in [9.17, 15) is 14.0 Å². The van der Waals surface area contributed by atoms with Crippen molar-refractivity contribution in [1.29, 1.82) is 0 Å². The normalized spacial score (nSPS) is 10.0. The number of rotatable bonds is 4. The van der Waals surface area contributed by atoms with Crippen LogP contribution in [0.25, 0.3) is 0 Å². The zero-order valence-corrected chi connectivity index (χ0v) is 11.1. The molecule has 0 aliphatic carbocycles. The monoisotopic (exact) mass is 291 g/mol. The summed E-state index contributed by atoms with van der Waals surface area (Å²) in [7, 11) is 0. The summed E-state index contributed by atoms with van der Waals surface area (Å²) in [6, 6.07) is 3.00. The molecule has 0 fully saturated rings. The molecule has 0 radical (unpaired) electrons. The zero-order valence-electron chi connectivity index (χ0n) is 9.50. The van der Waals surface area contributed by atoms with Gasteiger partial charge in [0.15, 0.2) is 0 Å². The summed E-state index contributed by atoms with van der Waals surface area (Å²) in [5, 5.41) is 2.87. The van der Waals surface area contributed by atoms with E-state index in [0.29, 0.717) is 21.2 Å². The zero-order chi connectivity index (χ0) is 13.7. The molecule has 18 heavy (non-hydrogen) atoms. The third-order valence-corrected chi connectivity index (χ3v) is 2.85. The number of amides is 1. The lowest BCUT2D eigenvalue weighted by atomic mass is 10.1. The smallest absolute Gasteiger partial charge is 0.312 e. The van der Waals surface area contributed by atoms with E-state index in [2.05, 4.69) is 22.7 Å². The molecule has 1 N–H and O–H groups in total. The number of carbonyl (C=O) groups excluding carboxylic acids is 2. The molecular weight excluding hydrogens is 281 g/mol. The number of carbonyl (C=O) groups is 2. The quantitative estimate of drug-likeness (QED) is 0.662. The predicted molar refractivity (Wildman–Crippen MR) is 68.8 cm³/mol. The van der Waals surface area contributed by atoms with E-state index in [1.165, 1.54) is 19.1 Å². The van der Waals surface area contributed by atoms with Crippen LogP contribution in [0.2, 0.25) is 5.02 Å². The first kappa shape index (κ1) is 14.8. The Bertz CT molecular complexity index is 482. The largest absolute Gasteiger partial charge is 0.433 e. The summed E-state index contributed by atoms with van der Waals surface area (Å²) in [5.41, 5.74) is 0.833. The second-order valence-electron chi connectivity index (χ2n) is 3.44. The lowest BCUT2D eigenvalue weighted by molar-refractivity contribution is -0.146. The fourth-order valence-electron chi connectivity index (χ4n) is 1.32. The van der Waals surface area contributed by atoms with Gasteiger partial charge in [-0.25, -0.2) is 4.39 Å². The van der Waals surface area contributed by atoms with Gasteiger partial charge >= 0.3 is 5.97 Å². The summed E-state index contributed by atoms with van der Waals surface area (Å²) >= 11 is 9.98. The van der Waals surface area contributed by atoms with Crippen molar-refractivity contribution in [1.82, 2.24) is 0 Å². The summed E-state index contributed by atoms with van der Waals surface area (Å²) in [5.74, 6) is -1.04. The van der Waals surface area contributed by atoms with Crippen molar-refractivity contribution in [2.24, 2.45) is 0 Å². The third-order valence-electron chi connectivity index (χ3n) is 2.03. The number of thiol groups is 1. The molecule has 0 spiro atoms. The molecule has 0 aliphatic heterocycles. The average molecular weight is 292 g/mol. The maximum absolute atomic E-state index is 11.8. The van der Waals surface area contributed by atoms with Crippen LogP contribution in [0.4, 0.5) is 10.1 Å². The van der Waals surface area contributed by atoms with Crippen molar-refractivity contribution < 1.29 is 18.7 Å². The molecule has 1 amide bonds. The topological polar surface area (TPSA) is 55.4 Å². The van der Waals surface area contributed by atoms with Crippen molar-refractivity contribution in [3.8, 4) is 0 Å². The molecule has 0 unspecified atom stereocenters. The Morgan fingerprint density at radius 1 is 1.50 bits per heavy atom. The number of benzene rings is 1. The fourth-order valence-corrected chi connectivity index (χ4v) is 1.70. The highest BCUT2D eigenvalue weighted by molar-refractivity contribution is 7.80. The molecule has 1 aromatic carbocycles. The van der Waals surface area contributed by atoms with Crippen molar-refractivity contribution in [2.75, 3.05) is 12.2 Å². The van der Waals surface area contributed by atoms with E-state index in [0.717, 1.165) is 0 Å². The van der Waals surface area contributed by atoms with E-state index in [1.54, 1.807) is 0 Å². The Balaban J connectivity index is 3.03. The fraction of sp³-hybridized carbons (Fsp3) is 0.273. The van der Waals surface area contributed by atoms with Crippen molar-refractivity contribution in [2.45, 2.75) is 18.2 Å². The first-order valence-corrected chi connectivity index (χ1v) is 5.77. The van der Waals surface area contributed by atoms with E-state index in [1.807, 2.05) is 0 Å². The van der Waals surface area contributed by atoms with Crippen molar-refractivity contribution >= 4 is 41.8 Å². The van der Waals surface area contributed by atoms with Crippen LogP contribution < -0.4 is 5.32 Å². The number of ether oxygens (including phenoxy) is 1. The number of anilines is 1. The molecule has 1 rings (SSSR count). The molecule has 7 heteroatoms. The van der Waals surface area contributed by atoms with Gasteiger partial charge in [0.05, 0.1) is 11.4 Å². The lowest BCUT2D eigenvalue weighted by Crippen LogP contribution is -2.12. The minimum Gasteiger partial charge on any atom is -0.433 e. The minimum absolute atomic E-state index is 0.187. The molecule has 0 bridgehead atoms. The van der Waals surface area contributed by atoms with Gasteiger partial charge < -0.3 is 10.1 Å². The molecule has 4 nitrogen and oxygen atoms in total. The third kappa shape index (κ3) is 4.19. The Morgan fingerprint density at radius 3 is 2.72 bits per heavy atom. The van der Waals surface area contributed by atoms with Crippen LogP contribution in [0.5, 0.6) is 0 Å². The lowest BCUT2D eigenvalue weighted by Gasteiger charge is -2.11. The predicted octanol–water partition coefficient (Wildman–Crippen LogP) is 2.60. The van der Waals surface area contributed by atoms with Gasteiger partial charge in [-0.05, 0) is 17.7 Å². The Labute approximate surface area is 114 Å². The highest BCUT2D eigenvalue weighted by Crippen LogP contribution is 2.28. The van der Waals surface area contributed by atoms with Crippen LogP contribution in [0.3, 0.4) is 0 Å². The maximum atomic E-state index is 11.8.